The zero-order chi connectivity index (χ0) is 22.7. The lowest BCUT2D eigenvalue weighted by Crippen LogP contribution is -2.54. The quantitative estimate of drug-likeness (QED) is 0.619. The Labute approximate surface area is 184 Å². The van der Waals surface area contributed by atoms with Crippen molar-refractivity contribution in [2.24, 2.45) is 5.73 Å². The Bertz CT molecular complexity index is 915. The second kappa shape index (κ2) is 9.40. The highest BCUT2D eigenvalue weighted by Crippen LogP contribution is 2.31. The molecule has 1 aromatic carbocycles. The third-order valence-corrected chi connectivity index (χ3v) is 6.25. The minimum atomic E-state index is -4.32. The predicted molar refractivity (Wildman–Crippen MR) is 115 cm³/mol. The summed E-state index contributed by atoms with van der Waals surface area (Å²) in [6, 6.07) is 6.20. The van der Waals surface area contributed by atoms with E-state index in [1.165, 1.54) is 6.20 Å². The number of piperidine rings is 1. The van der Waals surface area contributed by atoms with Crippen LogP contribution < -0.4 is 21.3 Å². The summed E-state index contributed by atoms with van der Waals surface area (Å²) >= 11 is 0. The van der Waals surface area contributed by atoms with Crippen LogP contribution in [0.3, 0.4) is 0 Å². The normalized spacial score (nSPS) is 24.3. The molecule has 2 fully saturated rings. The molecule has 2 aromatic rings. The van der Waals surface area contributed by atoms with Gasteiger partial charge in [-0.05, 0) is 49.9 Å². The molecule has 0 spiro atoms. The zero-order valence-corrected chi connectivity index (χ0v) is 17.7. The highest BCUT2D eigenvalue weighted by Gasteiger charge is 2.32. The van der Waals surface area contributed by atoms with E-state index in [2.05, 4.69) is 20.5 Å². The number of aromatic nitrogens is 1. The topological polar surface area (TPSA) is 96.4 Å². The first-order valence-corrected chi connectivity index (χ1v) is 11.0. The van der Waals surface area contributed by atoms with Crippen LogP contribution in [0.25, 0.3) is 0 Å². The maximum Gasteiger partial charge on any atom is 0.416 e. The molecule has 3 atom stereocenters. The van der Waals surface area contributed by atoms with Crippen molar-refractivity contribution in [3.63, 3.8) is 0 Å². The Morgan fingerprint density at radius 2 is 1.81 bits per heavy atom. The maximum absolute atomic E-state index is 12.9. The second-order valence-corrected chi connectivity index (χ2v) is 8.53. The van der Waals surface area contributed by atoms with Crippen LogP contribution in [0.15, 0.2) is 34.9 Å². The zero-order valence-electron chi connectivity index (χ0n) is 17.7. The third-order valence-electron chi connectivity index (χ3n) is 6.25. The Morgan fingerprint density at radius 3 is 2.47 bits per heavy atom. The molecule has 32 heavy (non-hydrogen) atoms. The summed E-state index contributed by atoms with van der Waals surface area (Å²) in [4.78, 5) is 17.5. The van der Waals surface area contributed by atoms with E-state index in [-0.39, 0.29) is 29.9 Å². The van der Waals surface area contributed by atoms with Gasteiger partial charge in [-0.3, -0.25) is 4.79 Å². The molecule has 0 unspecified atom stereocenters. The lowest BCUT2D eigenvalue weighted by Gasteiger charge is -2.40. The number of nitrogens with one attached hydrogen (secondary N) is 2. The first-order chi connectivity index (χ1) is 15.3. The number of benzene rings is 1. The van der Waals surface area contributed by atoms with Crippen LogP contribution in [0.2, 0.25) is 0 Å². The number of primary amides is 1. The molecular formula is C22H28F3N5O2. The van der Waals surface area contributed by atoms with Gasteiger partial charge in [-0.1, -0.05) is 12.8 Å². The average Bonchev–Trinajstić information content (AvgIpc) is 3.24. The lowest BCUT2D eigenvalue weighted by atomic mass is 9.89. The van der Waals surface area contributed by atoms with E-state index in [1.54, 1.807) is 12.1 Å². The summed E-state index contributed by atoms with van der Waals surface area (Å²) in [5.74, 6) is -0.637. The third kappa shape index (κ3) is 5.35. The van der Waals surface area contributed by atoms with Gasteiger partial charge in [0.2, 0.25) is 5.76 Å². The van der Waals surface area contributed by atoms with Gasteiger partial charge in [0.1, 0.15) is 0 Å². The van der Waals surface area contributed by atoms with Gasteiger partial charge < -0.3 is 25.7 Å². The summed E-state index contributed by atoms with van der Waals surface area (Å²) in [6.45, 7) is 1.56. The molecule has 2 heterocycles. The molecule has 4 rings (SSSR count). The van der Waals surface area contributed by atoms with Crippen LogP contribution in [0.5, 0.6) is 0 Å². The fraction of sp³-hybridized carbons (Fsp3) is 0.545. The minimum absolute atomic E-state index is 0.0206. The van der Waals surface area contributed by atoms with E-state index >= 15 is 0 Å². The molecule has 4 N–H and O–H groups in total. The van der Waals surface area contributed by atoms with Crippen LogP contribution >= 0.6 is 0 Å². The molecule has 10 heteroatoms. The highest BCUT2D eigenvalue weighted by molar-refractivity contribution is 5.89. The van der Waals surface area contributed by atoms with Crippen LogP contribution in [-0.4, -0.2) is 42.1 Å². The van der Waals surface area contributed by atoms with E-state index < -0.39 is 17.6 Å². The number of nitrogens with two attached hydrogens (primary N) is 1. The number of alkyl halides is 3. The number of nitrogens with zero attached hydrogens (tertiary/aromatic N) is 2. The average molecular weight is 451 g/mol. The Morgan fingerprint density at radius 1 is 1.09 bits per heavy atom. The molecule has 1 aliphatic heterocycles. The Hall–Kier alpha value is -2.75. The molecule has 1 saturated heterocycles. The van der Waals surface area contributed by atoms with Crippen LogP contribution in [0, 0.1) is 0 Å². The van der Waals surface area contributed by atoms with E-state index in [0.717, 1.165) is 69.4 Å². The molecule has 2 aliphatic rings. The van der Waals surface area contributed by atoms with Gasteiger partial charge >= 0.3 is 6.18 Å². The number of carbonyl (C=O) groups excluding carboxylic acids is 1. The summed E-state index contributed by atoms with van der Waals surface area (Å²) in [7, 11) is 0. The summed E-state index contributed by atoms with van der Waals surface area (Å²) in [5.41, 5.74) is 5.41. The minimum Gasteiger partial charge on any atom is -0.418 e. The molecule has 1 aliphatic carbocycles. The van der Waals surface area contributed by atoms with E-state index in [1.807, 2.05) is 0 Å². The van der Waals surface area contributed by atoms with Crippen LogP contribution in [0.1, 0.15) is 54.6 Å². The van der Waals surface area contributed by atoms with Crippen molar-refractivity contribution in [2.45, 2.75) is 62.8 Å². The van der Waals surface area contributed by atoms with E-state index in [0.29, 0.717) is 0 Å². The van der Waals surface area contributed by atoms with Gasteiger partial charge in [0.25, 0.3) is 11.9 Å². The van der Waals surface area contributed by atoms with Gasteiger partial charge in [0, 0.05) is 36.9 Å². The van der Waals surface area contributed by atoms with Gasteiger partial charge in [0.15, 0.2) is 0 Å². The largest absolute Gasteiger partial charge is 0.418 e. The standard InChI is InChI=1S/C22H28F3N5O2/c23-22(24,25)14-7-9-16(10-8-14)30-11-3-4-15(13-30)28-17-5-1-2-6-18(17)29-21-27-12-19(32-21)20(26)31/h7-10,12,15,17-18,28H,1-6,11,13H2,(H2,26,31)(H,27,29)/t15-,17+,18+/m0/s1. The summed E-state index contributed by atoms with van der Waals surface area (Å²) < 4.78 is 43.9. The first-order valence-electron chi connectivity index (χ1n) is 11.0. The molecule has 1 saturated carbocycles. The van der Waals surface area contributed by atoms with Crippen LogP contribution in [0.4, 0.5) is 24.9 Å². The number of hydrogen-bond acceptors (Lipinski definition) is 6. The molecule has 1 aromatic heterocycles. The number of rotatable bonds is 6. The van der Waals surface area contributed by atoms with Crippen molar-refractivity contribution in [1.29, 1.82) is 0 Å². The monoisotopic (exact) mass is 451 g/mol. The number of anilines is 2. The van der Waals surface area contributed by atoms with Gasteiger partial charge in [-0.25, -0.2) is 4.98 Å². The molecule has 1 amide bonds. The first kappa shape index (κ1) is 22.4. The smallest absolute Gasteiger partial charge is 0.416 e. The summed E-state index contributed by atoms with van der Waals surface area (Å²) in [6.07, 6.45) is 3.11. The number of oxazole rings is 1. The molecular weight excluding hydrogens is 423 g/mol. The molecule has 7 nitrogen and oxygen atoms in total. The van der Waals surface area contributed by atoms with Crippen molar-refractivity contribution >= 4 is 17.6 Å². The Kier molecular flexibility index (Phi) is 6.59. The van der Waals surface area contributed by atoms with Crippen molar-refractivity contribution in [3.05, 3.63) is 41.8 Å². The van der Waals surface area contributed by atoms with Crippen LogP contribution in [-0.2, 0) is 6.18 Å². The van der Waals surface area contributed by atoms with Gasteiger partial charge in [0.05, 0.1) is 11.8 Å². The number of hydrogen-bond donors (Lipinski definition) is 3. The van der Waals surface area contributed by atoms with Crippen molar-refractivity contribution < 1.29 is 22.4 Å². The SMILES string of the molecule is NC(=O)c1cnc(N[C@@H]2CCCC[C@H]2N[C@H]2CCCN(c3ccc(C(F)(F)F)cc3)C2)o1. The maximum atomic E-state index is 12.9. The fourth-order valence-electron chi connectivity index (χ4n) is 4.63. The second-order valence-electron chi connectivity index (χ2n) is 8.53. The Balaban J connectivity index is 1.37. The predicted octanol–water partition coefficient (Wildman–Crippen LogP) is 3.77. The van der Waals surface area contributed by atoms with Crippen molar-refractivity contribution in [3.8, 4) is 0 Å². The molecule has 0 bridgehead atoms. The highest BCUT2D eigenvalue weighted by atomic mass is 19.4. The van der Waals surface area contributed by atoms with E-state index in [9.17, 15) is 18.0 Å². The van der Waals surface area contributed by atoms with Gasteiger partial charge in [-0.15, -0.1) is 0 Å². The van der Waals surface area contributed by atoms with E-state index in [4.69, 9.17) is 10.2 Å². The van der Waals surface area contributed by atoms with Crippen molar-refractivity contribution in [1.82, 2.24) is 10.3 Å². The molecule has 174 valence electrons. The summed E-state index contributed by atoms with van der Waals surface area (Å²) in [5, 5.41) is 7.04. The number of halogens is 3. The number of carbonyl (C=O) groups is 1. The van der Waals surface area contributed by atoms with Gasteiger partial charge in [-0.2, -0.15) is 13.2 Å². The lowest BCUT2D eigenvalue weighted by molar-refractivity contribution is -0.137. The number of amides is 1. The fourth-order valence-corrected chi connectivity index (χ4v) is 4.63. The molecule has 0 radical (unpaired) electrons. The van der Waals surface area contributed by atoms with Crippen molar-refractivity contribution in [2.75, 3.05) is 23.3 Å².